The van der Waals surface area contributed by atoms with Crippen LogP contribution in [0.5, 0.6) is 5.75 Å². The number of ether oxygens (including phenoxy) is 1. The minimum absolute atomic E-state index is 0.280. The molecule has 0 radical (unpaired) electrons. The molecule has 2 aromatic heterocycles. The van der Waals surface area contributed by atoms with E-state index in [1.165, 1.54) is 23.9 Å². The van der Waals surface area contributed by atoms with Gasteiger partial charge in [-0.1, -0.05) is 16.9 Å². The standard InChI is InChI=1S/C21H17FN4O2S/c1-2-27-17-9-5-15(6-10-17)21-23-19(28-26-21)13-29-20-12-11-18(24-25-20)14-3-7-16(22)8-4-14/h3-12H,2,13H2,1H3. The third kappa shape index (κ3) is 4.78. The summed E-state index contributed by atoms with van der Waals surface area (Å²) in [6, 6.07) is 17.4. The number of nitrogens with zero attached hydrogens (tertiary/aromatic N) is 4. The molecule has 0 unspecified atom stereocenters. The van der Waals surface area contributed by atoms with Gasteiger partial charge in [-0.15, -0.1) is 10.2 Å². The van der Waals surface area contributed by atoms with Crippen molar-refractivity contribution in [2.75, 3.05) is 6.61 Å². The summed E-state index contributed by atoms with van der Waals surface area (Å²) in [6.07, 6.45) is 0. The number of aromatic nitrogens is 4. The Morgan fingerprint density at radius 2 is 1.69 bits per heavy atom. The number of halogens is 1. The van der Waals surface area contributed by atoms with Crippen LogP contribution in [-0.4, -0.2) is 26.9 Å². The van der Waals surface area contributed by atoms with Gasteiger partial charge in [-0.25, -0.2) is 4.39 Å². The van der Waals surface area contributed by atoms with Crippen LogP contribution in [0.1, 0.15) is 12.8 Å². The molecule has 0 aliphatic heterocycles. The van der Waals surface area contributed by atoms with Crippen molar-refractivity contribution in [3.05, 3.63) is 72.4 Å². The minimum atomic E-state index is -0.280. The molecular formula is C21H17FN4O2S. The van der Waals surface area contributed by atoms with Crippen molar-refractivity contribution in [1.29, 1.82) is 0 Å². The summed E-state index contributed by atoms with van der Waals surface area (Å²) in [4.78, 5) is 4.42. The van der Waals surface area contributed by atoms with E-state index in [1.54, 1.807) is 12.1 Å². The average Bonchev–Trinajstić information content (AvgIpc) is 3.23. The summed E-state index contributed by atoms with van der Waals surface area (Å²) < 4.78 is 23.8. The third-order valence-corrected chi connectivity index (χ3v) is 4.92. The van der Waals surface area contributed by atoms with E-state index in [-0.39, 0.29) is 5.82 Å². The molecule has 0 aliphatic rings. The summed E-state index contributed by atoms with van der Waals surface area (Å²) in [7, 11) is 0. The summed E-state index contributed by atoms with van der Waals surface area (Å²) >= 11 is 1.45. The molecule has 2 aromatic carbocycles. The van der Waals surface area contributed by atoms with Gasteiger partial charge in [-0.2, -0.15) is 4.98 Å². The number of rotatable bonds is 7. The van der Waals surface area contributed by atoms with Crippen molar-refractivity contribution in [3.8, 4) is 28.4 Å². The molecule has 0 N–H and O–H groups in total. The monoisotopic (exact) mass is 408 g/mol. The molecule has 0 amide bonds. The highest BCUT2D eigenvalue weighted by Gasteiger charge is 2.10. The zero-order valence-electron chi connectivity index (χ0n) is 15.6. The van der Waals surface area contributed by atoms with Crippen LogP contribution >= 0.6 is 11.8 Å². The summed E-state index contributed by atoms with van der Waals surface area (Å²) in [5, 5.41) is 13.2. The van der Waals surface area contributed by atoms with E-state index in [4.69, 9.17) is 9.26 Å². The van der Waals surface area contributed by atoms with Gasteiger partial charge in [0.2, 0.25) is 11.7 Å². The Morgan fingerprint density at radius 1 is 0.931 bits per heavy atom. The average molecular weight is 408 g/mol. The Labute approximate surface area is 171 Å². The van der Waals surface area contributed by atoms with E-state index in [2.05, 4.69) is 20.3 Å². The summed E-state index contributed by atoms with van der Waals surface area (Å²) in [5.41, 5.74) is 2.36. The zero-order valence-corrected chi connectivity index (χ0v) is 16.4. The van der Waals surface area contributed by atoms with Gasteiger partial charge < -0.3 is 9.26 Å². The topological polar surface area (TPSA) is 73.9 Å². The fourth-order valence-corrected chi connectivity index (χ4v) is 3.26. The molecule has 0 atom stereocenters. The molecule has 4 rings (SSSR count). The molecule has 8 heteroatoms. The fraction of sp³-hybridized carbons (Fsp3) is 0.143. The highest BCUT2D eigenvalue weighted by Crippen LogP contribution is 2.24. The van der Waals surface area contributed by atoms with E-state index in [0.29, 0.717) is 29.8 Å². The van der Waals surface area contributed by atoms with Crippen LogP contribution in [-0.2, 0) is 5.75 Å². The Morgan fingerprint density at radius 3 is 2.38 bits per heavy atom. The third-order valence-electron chi connectivity index (χ3n) is 4.02. The molecule has 2 heterocycles. The normalized spacial score (nSPS) is 10.8. The fourth-order valence-electron chi connectivity index (χ4n) is 2.60. The van der Waals surface area contributed by atoms with Crippen molar-refractivity contribution in [3.63, 3.8) is 0 Å². The van der Waals surface area contributed by atoms with Crippen LogP contribution in [0.15, 0.2) is 70.2 Å². The summed E-state index contributed by atoms with van der Waals surface area (Å²) in [5.74, 6) is 2.04. The highest BCUT2D eigenvalue weighted by atomic mass is 32.2. The molecule has 0 bridgehead atoms. The molecule has 146 valence electrons. The van der Waals surface area contributed by atoms with Crippen molar-refractivity contribution >= 4 is 11.8 Å². The molecule has 4 aromatic rings. The molecule has 0 fully saturated rings. The van der Waals surface area contributed by atoms with E-state index in [0.717, 1.165) is 21.9 Å². The first-order chi connectivity index (χ1) is 14.2. The smallest absolute Gasteiger partial charge is 0.237 e. The van der Waals surface area contributed by atoms with Crippen LogP contribution in [0, 0.1) is 5.82 Å². The maximum absolute atomic E-state index is 13.0. The van der Waals surface area contributed by atoms with Crippen LogP contribution in [0.2, 0.25) is 0 Å². The van der Waals surface area contributed by atoms with Gasteiger partial charge in [-0.05, 0) is 67.6 Å². The second-order valence-electron chi connectivity index (χ2n) is 6.02. The van der Waals surface area contributed by atoms with E-state index in [9.17, 15) is 4.39 Å². The van der Waals surface area contributed by atoms with Gasteiger partial charge >= 0.3 is 0 Å². The number of hydrogen-bond donors (Lipinski definition) is 0. The SMILES string of the molecule is CCOc1ccc(-c2noc(CSc3ccc(-c4ccc(F)cc4)nn3)n2)cc1. The van der Waals surface area contributed by atoms with Gasteiger partial charge in [0.25, 0.3) is 0 Å². The molecule has 29 heavy (non-hydrogen) atoms. The van der Waals surface area contributed by atoms with Crippen LogP contribution < -0.4 is 4.74 Å². The first-order valence-electron chi connectivity index (χ1n) is 8.99. The van der Waals surface area contributed by atoms with Crippen molar-refractivity contribution in [2.45, 2.75) is 17.7 Å². The Kier molecular flexibility index (Phi) is 5.81. The Hall–Kier alpha value is -3.26. The number of benzene rings is 2. The van der Waals surface area contributed by atoms with Gasteiger partial charge in [0.1, 0.15) is 16.6 Å². The van der Waals surface area contributed by atoms with Crippen molar-refractivity contribution in [1.82, 2.24) is 20.3 Å². The molecule has 6 nitrogen and oxygen atoms in total. The number of hydrogen-bond acceptors (Lipinski definition) is 7. The van der Waals surface area contributed by atoms with Crippen molar-refractivity contribution in [2.24, 2.45) is 0 Å². The van der Waals surface area contributed by atoms with Crippen LogP contribution in [0.25, 0.3) is 22.6 Å². The quantitative estimate of drug-likeness (QED) is 0.397. The van der Waals surface area contributed by atoms with Gasteiger partial charge in [0.15, 0.2) is 0 Å². The first kappa shape index (κ1) is 19.1. The van der Waals surface area contributed by atoms with Gasteiger partial charge in [0, 0.05) is 11.1 Å². The minimum Gasteiger partial charge on any atom is -0.494 e. The van der Waals surface area contributed by atoms with E-state index < -0.39 is 0 Å². The molecular weight excluding hydrogens is 391 g/mol. The molecule has 0 saturated carbocycles. The lowest BCUT2D eigenvalue weighted by molar-refractivity contribution is 0.340. The maximum Gasteiger partial charge on any atom is 0.237 e. The van der Waals surface area contributed by atoms with Crippen LogP contribution in [0.4, 0.5) is 4.39 Å². The Balaban J connectivity index is 1.37. The molecule has 0 spiro atoms. The second kappa shape index (κ2) is 8.83. The lowest BCUT2D eigenvalue weighted by atomic mass is 10.1. The molecule has 0 saturated heterocycles. The largest absolute Gasteiger partial charge is 0.494 e. The Bertz CT molecular complexity index is 1070. The summed E-state index contributed by atoms with van der Waals surface area (Å²) in [6.45, 7) is 2.56. The zero-order chi connectivity index (χ0) is 20.1. The first-order valence-corrected chi connectivity index (χ1v) is 9.98. The maximum atomic E-state index is 13.0. The number of thioether (sulfide) groups is 1. The predicted molar refractivity (Wildman–Crippen MR) is 108 cm³/mol. The van der Waals surface area contributed by atoms with E-state index in [1.807, 2.05) is 43.3 Å². The second-order valence-corrected chi connectivity index (χ2v) is 7.02. The lowest BCUT2D eigenvalue weighted by Gasteiger charge is -2.02. The lowest BCUT2D eigenvalue weighted by Crippen LogP contribution is -1.91. The van der Waals surface area contributed by atoms with Crippen LogP contribution in [0.3, 0.4) is 0 Å². The van der Waals surface area contributed by atoms with Crippen molar-refractivity contribution < 1.29 is 13.7 Å². The predicted octanol–water partition coefficient (Wildman–Crippen LogP) is 5.02. The van der Waals surface area contributed by atoms with Gasteiger partial charge in [-0.3, -0.25) is 0 Å². The van der Waals surface area contributed by atoms with Gasteiger partial charge in [0.05, 0.1) is 18.1 Å². The highest BCUT2D eigenvalue weighted by molar-refractivity contribution is 7.98. The van der Waals surface area contributed by atoms with E-state index >= 15 is 0 Å². The molecule has 0 aliphatic carbocycles.